The van der Waals surface area contributed by atoms with Crippen LogP contribution in [-0.4, -0.2) is 42.5 Å². The molecule has 1 N–H and O–H groups in total. The number of amides is 2. The van der Waals surface area contributed by atoms with E-state index in [0.29, 0.717) is 11.4 Å². The van der Waals surface area contributed by atoms with E-state index in [2.05, 4.69) is 5.32 Å². The molecule has 1 aliphatic heterocycles. The third-order valence-corrected chi connectivity index (χ3v) is 4.57. The van der Waals surface area contributed by atoms with E-state index in [0.717, 1.165) is 6.07 Å². The summed E-state index contributed by atoms with van der Waals surface area (Å²) in [5.41, 5.74) is 0.492. The van der Waals surface area contributed by atoms with Crippen LogP contribution in [0.5, 0.6) is 5.75 Å². The third kappa shape index (κ3) is 4.22. The first-order valence-corrected chi connectivity index (χ1v) is 9.02. The molecule has 3 rings (SSSR count). The van der Waals surface area contributed by atoms with Crippen molar-refractivity contribution in [2.75, 3.05) is 23.9 Å². The highest BCUT2D eigenvalue weighted by Gasteiger charge is 2.30. The van der Waals surface area contributed by atoms with Crippen molar-refractivity contribution in [2.24, 2.45) is 0 Å². The van der Waals surface area contributed by atoms with Gasteiger partial charge in [0, 0.05) is 24.6 Å². The second-order valence-electron chi connectivity index (χ2n) is 6.60. The van der Waals surface area contributed by atoms with Crippen LogP contribution in [0.4, 0.5) is 17.1 Å². The summed E-state index contributed by atoms with van der Waals surface area (Å²) in [7, 11) is 1.31. The summed E-state index contributed by atoms with van der Waals surface area (Å²) in [6.07, 6.45) is 0.0765. The van der Waals surface area contributed by atoms with E-state index < -0.39 is 29.4 Å². The van der Waals surface area contributed by atoms with E-state index in [-0.39, 0.29) is 29.3 Å². The number of rotatable bonds is 5. The molecule has 0 saturated carbocycles. The number of hydrogen-bond acceptors (Lipinski definition) is 7. The predicted molar refractivity (Wildman–Crippen MR) is 107 cm³/mol. The number of anilines is 2. The van der Waals surface area contributed by atoms with Gasteiger partial charge >= 0.3 is 5.97 Å². The van der Waals surface area contributed by atoms with E-state index in [1.54, 1.807) is 31.2 Å². The molecule has 0 radical (unpaired) electrons. The highest BCUT2D eigenvalue weighted by atomic mass is 16.6. The average molecular weight is 413 g/mol. The molecule has 2 amide bonds. The molecule has 2 aromatic carbocycles. The Bertz CT molecular complexity index is 1020. The van der Waals surface area contributed by atoms with Crippen molar-refractivity contribution in [1.82, 2.24) is 0 Å². The lowest BCUT2D eigenvalue weighted by Gasteiger charge is -2.27. The lowest BCUT2D eigenvalue weighted by molar-refractivity contribution is -0.384. The summed E-state index contributed by atoms with van der Waals surface area (Å²) in [6, 6.07) is 9.84. The van der Waals surface area contributed by atoms with E-state index >= 15 is 0 Å². The molecule has 0 aliphatic carbocycles. The highest BCUT2D eigenvalue weighted by molar-refractivity contribution is 6.05. The summed E-state index contributed by atoms with van der Waals surface area (Å²) < 4.78 is 10.2. The molecule has 10 nitrogen and oxygen atoms in total. The van der Waals surface area contributed by atoms with Gasteiger partial charge < -0.3 is 19.7 Å². The Morgan fingerprint density at radius 2 is 2.00 bits per heavy atom. The Hall–Kier alpha value is -3.95. The van der Waals surface area contributed by atoms with E-state index in [9.17, 15) is 24.5 Å². The number of carbonyl (C=O) groups is 3. The molecular weight excluding hydrogens is 394 g/mol. The summed E-state index contributed by atoms with van der Waals surface area (Å²) >= 11 is 0. The summed E-state index contributed by atoms with van der Waals surface area (Å²) in [4.78, 5) is 49.1. The molecule has 1 atom stereocenters. The number of esters is 1. The molecule has 0 saturated heterocycles. The smallest absolute Gasteiger partial charge is 0.342 e. The quantitative estimate of drug-likeness (QED) is 0.453. The van der Waals surface area contributed by atoms with Crippen LogP contribution >= 0.6 is 0 Å². The minimum absolute atomic E-state index is 0.0765. The maximum atomic E-state index is 12.9. The number of benzene rings is 2. The Morgan fingerprint density at radius 1 is 1.27 bits per heavy atom. The SMILES string of the molecule is COc1ccc([N+](=O)[O-])cc1C(=O)OCC(=O)N1c2ccccc2NC(=O)C[C@@H]1C. The fraction of sp³-hybridized carbons (Fsp3) is 0.250. The van der Waals surface area contributed by atoms with E-state index in [1.807, 2.05) is 0 Å². The number of nitro benzene ring substituents is 1. The number of carbonyl (C=O) groups excluding carboxylic acids is 3. The van der Waals surface area contributed by atoms with Crippen LogP contribution < -0.4 is 15.0 Å². The number of nitrogens with zero attached hydrogens (tertiary/aromatic N) is 2. The van der Waals surface area contributed by atoms with Gasteiger partial charge in [-0.2, -0.15) is 0 Å². The zero-order valence-electron chi connectivity index (χ0n) is 16.3. The first-order chi connectivity index (χ1) is 14.3. The Balaban J connectivity index is 1.80. The molecule has 0 aromatic heterocycles. The minimum atomic E-state index is -0.936. The van der Waals surface area contributed by atoms with Crippen LogP contribution in [0.1, 0.15) is 23.7 Å². The lowest BCUT2D eigenvalue weighted by atomic mass is 10.1. The molecule has 0 fully saturated rings. The standard InChI is InChI=1S/C20H19N3O7/c1-12-9-18(24)21-15-5-3-4-6-16(15)22(12)19(25)11-30-20(26)14-10-13(23(27)28)7-8-17(14)29-2/h3-8,10,12H,9,11H2,1-2H3,(H,21,24)/t12-/m0/s1. The normalized spacial score (nSPS) is 15.5. The number of nitro groups is 1. The molecule has 10 heteroatoms. The summed E-state index contributed by atoms with van der Waals surface area (Å²) in [6.45, 7) is 1.10. The van der Waals surface area contributed by atoms with Gasteiger partial charge in [-0.15, -0.1) is 0 Å². The molecule has 2 aromatic rings. The first-order valence-electron chi connectivity index (χ1n) is 9.02. The van der Waals surface area contributed by atoms with E-state index in [4.69, 9.17) is 9.47 Å². The van der Waals surface area contributed by atoms with E-state index in [1.165, 1.54) is 24.1 Å². The Kier molecular flexibility index (Phi) is 5.95. The predicted octanol–water partition coefficient (Wildman–Crippen LogP) is 2.52. The molecule has 1 heterocycles. The topological polar surface area (TPSA) is 128 Å². The molecule has 30 heavy (non-hydrogen) atoms. The second-order valence-corrected chi connectivity index (χ2v) is 6.60. The third-order valence-electron chi connectivity index (χ3n) is 4.57. The van der Waals surface area contributed by atoms with Gasteiger partial charge in [-0.05, 0) is 25.1 Å². The zero-order chi connectivity index (χ0) is 21.8. The van der Waals surface area contributed by atoms with Crippen molar-refractivity contribution < 1.29 is 28.8 Å². The molecular formula is C20H19N3O7. The van der Waals surface area contributed by atoms with Crippen LogP contribution in [0, 0.1) is 10.1 Å². The Labute approximate surface area is 171 Å². The monoisotopic (exact) mass is 413 g/mol. The molecule has 1 aliphatic rings. The maximum Gasteiger partial charge on any atom is 0.342 e. The van der Waals surface area contributed by atoms with Crippen molar-refractivity contribution in [3.8, 4) is 5.75 Å². The van der Waals surface area contributed by atoms with Crippen molar-refractivity contribution in [2.45, 2.75) is 19.4 Å². The number of methoxy groups -OCH3 is 1. The molecule has 0 bridgehead atoms. The number of hydrogen-bond donors (Lipinski definition) is 1. The van der Waals surface area contributed by atoms with Gasteiger partial charge in [0.05, 0.1) is 23.4 Å². The first kappa shape index (κ1) is 20.8. The van der Waals surface area contributed by atoms with Gasteiger partial charge in [0.1, 0.15) is 11.3 Å². The summed E-state index contributed by atoms with van der Waals surface area (Å²) in [5.74, 6) is -1.62. The number of fused-ring (bicyclic) bond motifs is 1. The van der Waals surface area contributed by atoms with Crippen LogP contribution in [0.25, 0.3) is 0 Å². The van der Waals surface area contributed by atoms with Crippen molar-refractivity contribution in [3.63, 3.8) is 0 Å². The molecule has 156 valence electrons. The van der Waals surface area contributed by atoms with Crippen LogP contribution in [-0.2, 0) is 14.3 Å². The fourth-order valence-electron chi connectivity index (χ4n) is 3.21. The van der Waals surface area contributed by atoms with Gasteiger partial charge in [-0.1, -0.05) is 12.1 Å². The van der Waals surface area contributed by atoms with Crippen LogP contribution in [0.15, 0.2) is 42.5 Å². The zero-order valence-corrected chi connectivity index (χ0v) is 16.3. The number of ether oxygens (including phenoxy) is 2. The highest BCUT2D eigenvalue weighted by Crippen LogP contribution is 2.31. The van der Waals surface area contributed by atoms with Crippen molar-refractivity contribution >= 4 is 34.8 Å². The van der Waals surface area contributed by atoms with Gasteiger partial charge in [0.15, 0.2) is 6.61 Å². The molecule has 0 spiro atoms. The lowest BCUT2D eigenvalue weighted by Crippen LogP contribution is -2.41. The van der Waals surface area contributed by atoms with Gasteiger partial charge in [0.25, 0.3) is 11.6 Å². The largest absolute Gasteiger partial charge is 0.496 e. The van der Waals surface area contributed by atoms with Crippen LogP contribution in [0.2, 0.25) is 0 Å². The minimum Gasteiger partial charge on any atom is -0.496 e. The van der Waals surface area contributed by atoms with Crippen molar-refractivity contribution in [1.29, 1.82) is 0 Å². The number of para-hydroxylation sites is 2. The Morgan fingerprint density at radius 3 is 2.70 bits per heavy atom. The van der Waals surface area contributed by atoms with Gasteiger partial charge in [0.2, 0.25) is 5.91 Å². The molecule has 0 unspecified atom stereocenters. The van der Waals surface area contributed by atoms with Gasteiger partial charge in [-0.3, -0.25) is 19.7 Å². The van der Waals surface area contributed by atoms with Gasteiger partial charge in [-0.25, -0.2) is 4.79 Å². The van der Waals surface area contributed by atoms with Crippen LogP contribution in [0.3, 0.4) is 0 Å². The van der Waals surface area contributed by atoms with Crippen molar-refractivity contribution in [3.05, 3.63) is 58.1 Å². The number of non-ortho nitro benzene ring substituents is 1. The second kappa shape index (κ2) is 8.60. The number of nitrogens with one attached hydrogen (secondary N) is 1. The fourth-order valence-corrected chi connectivity index (χ4v) is 3.21. The average Bonchev–Trinajstić information content (AvgIpc) is 2.85. The maximum absolute atomic E-state index is 12.9. The summed E-state index contributed by atoms with van der Waals surface area (Å²) in [5, 5.41) is 13.7.